The number of carbonyl (C=O) groups is 3. The van der Waals surface area contributed by atoms with Gasteiger partial charge in [0.25, 0.3) is 0 Å². The highest BCUT2D eigenvalue weighted by atomic mass is 16.6. The predicted molar refractivity (Wildman–Crippen MR) is 311 cm³/mol. The van der Waals surface area contributed by atoms with Crippen molar-refractivity contribution in [3.05, 3.63) is 85.1 Å². The maximum Gasteiger partial charge on any atom is 0.306 e. The number of allylic oxidation sites excluding steroid dienone is 14. The van der Waals surface area contributed by atoms with Gasteiger partial charge in [-0.2, -0.15) is 0 Å². The van der Waals surface area contributed by atoms with Gasteiger partial charge in [-0.3, -0.25) is 14.4 Å². The lowest BCUT2D eigenvalue weighted by atomic mass is 10.0. The molecule has 0 amide bonds. The molecule has 0 aromatic rings. The van der Waals surface area contributed by atoms with E-state index in [9.17, 15) is 14.4 Å². The molecule has 0 aliphatic heterocycles. The van der Waals surface area contributed by atoms with E-state index in [1.165, 1.54) is 148 Å². The number of carbonyl (C=O) groups excluding carboxylic acids is 3. The number of hydrogen-bond donors (Lipinski definition) is 0. The van der Waals surface area contributed by atoms with Crippen molar-refractivity contribution in [2.75, 3.05) is 13.2 Å². The Morgan fingerprint density at radius 2 is 0.542 bits per heavy atom. The zero-order chi connectivity index (χ0) is 52.2. The van der Waals surface area contributed by atoms with E-state index in [0.717, 1.165) is 109 Å². The van der Waals surface area contributed by atoms with Gasteiger partial charge >= 0.3 is 17.9 Å². The van der Waals surface area contributed by atoms with Crippen molar-refractivity contribution in [2.45, 2.75) is 303 Å². The van der Waals surface area contributed by atoms with Crippen LogP contribution in [0.5, 0.6) is 0 Å². The quantitative estimate of drug-likeness (QED) is 0.0261. The molecule has 6 heteroatoms. The van der Waals surface area contributed by atoms with Crippen LogP contribution in [0.2, 0.25) is 0 Å². The second kappa shape index (κ2) is 60.1. The van der Waals surface area contributed by atoms with Gasteiger partial charge < -0.3 is 14.2 Å². The summed E-state index contributed by atoms with van der Waals surface area (Å²) in [6.07, 6.45) is 78.7. The average molecular weight is 1000 g/mol. The van der Waals surface area contributed by atoms with Gasteiger partial charge in [0.15, 0.2) is 6.10 Å². The minimum absolute atomic E-state index is 0.0754. The third-order valence-electron chi connectivity index (χ3n) is 13.2. The number of rotatable bonds is 55. The molecule has 0 aliphatic rings. The minimum atomic E-state index is -0.777. The summed E-state index contributed by atoms with van der Waals surface area (Å²) < 4.78 is 16.9. The molecule has 0 heterocycles. The summed E-state index contributed by atoms with van der Waals surface area (Å²) in [4.78, 5) is 38.1. The van der Waals surface area contributed by atoms with Gasteiger partial charge in [-0.1, -0.05) is 286 Å². The molecule has 0 aromatic heterocycles. The van der Waals surface area contributed by atoms with Crippen LogP contribution in [0.3, 0.4) is 0 Å². The maximum absolute atomic E-state index is 12.8. The first-order valence-electron chi connectivity index (χ1n) is 30.6. The summed E-state index contributed by atoms with van der Waals surface area (Å²) in [5, 5.41) is 0. The van der Waals surface area contributed by atoms with Gasteiger partial charge in [0.2, 0.25) is 0 Å². The fraction of sp³-hybridized carbons (Fsp3) is 0.742. The van der Waals surface area contributed by atoms with Gasteiger partial charge in [-0.15, -0.1) is 0 Å². The van der Waals surface area contributed by atoms with Gasteiger partial charge in [-0.25, -0.2) is 0 Å². The SMILES string of the molecule is CC/C=C\C/C=C\C/C=C\C/C=C\C/C=C\C/C=C\C/C=C\CCCCCCCCCC(=O)OCC(COC(=O)CCCCCCCCCCCCCC)OC(=O)CCCCCCCCCCCCCCC. The largest absolute Gasteiger partial charge is 0.462 e. The van der Waals surface area contributed by atoms with Crippen molar-refractivity contribution in [3.8, 4) is 0 Å². The highest BCUT2D eigenvalue weighted by molar-refractivity contribution is 5.71. The molecule has 0 bridgehead atoms. The van der Waals surface area contributed by atoms with E-state index in [0.29, 0.717) is 19.3 Å². The number of ether oxygens (including phenoxy) is 3. The first-order valence-corrected chi connectivity index (χ1v) is 30.6. The van der Waals surface area contributed by atoms with Crippen LogP contribution in [0, 0.1) is 0 Å². The Balaban J connectivity index is 4.26. The second-order valence-corrected chi connectivity index (χ2v) is 20.2. The minimum Gasteiger partial charge on any atom is -0.462 e. The normalized spacial score (nSPS) is 12.7. The zero-order valence-electron chi connectivity index (χ0n) is 47.4. The van der Waals surface area contributed by atoms with Crippen LogP contribution in [-0.2, 0) is 28.6 Å². The van der Waals surface area contributed by atoms with Crippen LogP contribution >= 0.6 is 0 Å². The van der Waals surface area contributed by atoms with Crippen molar-refractivity contribution in [3.63, 3.8) is 0 Å². The van der Waals surface area contributed by atoms with Gasteiger partial charge in [0.05, 0.1) is 0 Å². The maximum atomic E-state index is 12.8. The fourth-order valence-corrected chi connectivity index (χ4v) is 8.60. The first-order chi connectivity index (χ1) is 35.5. The molecule has 0 spiro atoms. The summed E-state index contributed by atoms with van der Waals surface area (Å²) in [5.41, 5.74) is 0. The standard InChI is InChI=1S/C66H114O6/c1-4-7-10-13-16-19-22-25-26-27-28-29-30-31-32-33-34-35-36-37-38-39-40-42-44-47-50-53-56-59-65(68)71-62-63(61-70-64(67)58-55-52-49-46-43-24-21-18-15-12-9-6-3)72-66(69)60-57-54-51-48-45-41-23-20-17-14-11-8-5-2/h7,10,16,19,25-26,28-29,31-32,34-35,37-38,63H,4-6,8-9,11-15,17-18,20-24,27,30,33,36,39-62H2,1-3H3/b10-7-,19-16-,26-25-,29-28-,32-31-,35-34-,38-37-. The molecule has 6 nitrogen and oxygen atoms in total. The Kier molecular flexibility index (Phi) is 57.3. The lowest BCUT2D eigenvalue weighted by molar-refractivity contribution is -0.167. The Labute approximate surface area is 445 Å². The van der Waals surface area contributed by atoms with E-state index in [4.69, 9.17) is 14.2 Å². The molecular weight excluding hydrogens is 889 g/mol. The van der Waals surface area contributed by atoms with Crippen LogP contribution in [0.1, 0.15) is 297 Å². The van der Waals surface area contributed by atoms with Crippen molar-refractivity contribution >= 4 is 17.9 Å². The van der Waals surface area contributed by atoms with E-state index in [1.54, 1.807) is 0 Å². The van der Waals surface area contributed by atoms with E-state index >= 15 is 0 Å². The van der Waals surface area contributed by atoms with E-state index in [2.05, 4.69) is 106 Å². The molecular formula is C66H114O6. The smallest absolute Gasteiger partial charge is 0.306 e. The van der Waals surface area contributed by atoms with Gasteiger partial charge in [0, 0.05) is 19.3 Å². The summed E-state index contributed by atoms with van der Waals surface area (Å²) in [6.45, 7) is 6.53. The summed E-state index contributed by atoms with van der Waals surface area (Å²) in [6, 6.07) is 0. The van der Waals surface area contributed by atoms with Crippen molar-refractivity contribution in [2.24, 2.45) is 0 Å². The number of esters is 3. The highest BCUT2D eigenvalue weighted by Gasteiger charge is 2.19. The molecule has 0 N–H and O–H groups in total. The molecule has 0 radical (unpaired) electrons. The Bertz CT molecular complexity index is 1380. The van der Waals surface area contributed by atoms with E-state index in [-0.39, 0.29) is 31.1 Å². The Morgan fingerprint density at radius 1 is 0.292 bits per heavy atom. The molecule has 0 saturated heterocycles. The zero-order valence-corrected chi connectivity index (χ0v) is 47.4. The average Bonchev–Trinajstić information content (AvgIpc) is 3.38. The summed E-state index contributed by atoms with van der Waals surface area (Å²) in [5.74, 6) is -0.876. The van der Waals surface area contributed by atoms with Crippen LogP contribution in [0.15, 0.2) is 85.1 Å². The monoisotopic (exact) mass is 1000 g/mol. The Morgan fingerprint density at radius 3 is 0.847 bits per heavy atom. The topological polar surface area (TPSA) is 78.9 Å². The van der Waals surface area contributed by atoms with Gasteiger partial charge in [0.1, 0.15) is 13.2 Å². The molecule has 0 saturated carbocycles. The van der Waals surface area contributed by atoms with Crippen LogP contribution in [-0.4, -0.2) is 37.2 Å². The van der Waals surface area contributed by atoms with Crippen molar-refractivity contribution in [1.82, 2.24) is 0 Å². The van der Waals surface area contributed by atoms with Crippen molar-refractivity contribution < 1.29 is 28.6 Å². The molecule has 0 rings (SSSR count). The molecule has 1 unspecified atom stereocenters. The number of hydrogen-bond acceptors (Lipinski definition) is 6. The second-order valence-electron chi connectivity index (χ2n) is 20.2. The van der Waals surface area contributed by atoms with Crippen LogP contribution < -0.4 is 0 Å². The highest BCUT2D eigenvalue weighted by Crippen LogP contribution is 2.16. The predicted octanol–water partition coefficient (Wildman–Crippen LogP) is 20.7. The third kappa shape index (κ3) is 57.5. The van der Waals surface area contributed by atoms with Gasteiger partial charge in [-0.05, 0) is 77.0 Å². The molecule has 0 fully saturated rings. The number of unbranched alkanes of at least 4 members (excludes halogenated alkanes) is 30. The molecule has 1 atom stereocenters. The third-order valence-corrected chi connectivity index (χ3v) is 13.2. The van der Waals surface area contributed by atoms with E-state index < -0.39 is 6.10 Å². The van der Waals surface area contributed by atoms with Crippen LogP contribution in [0.25, 0.3) is 0 Å². The van der Waals surface area contributed by atoms with E-state index in [1.807, 2.05) is 0 Å². The molecule has 0 aliphatic carbocycles. The summed E-state index contributed by atoms with van der Waals surface area (Å²) >= 11 is 0. The molecule has 0 aromatic carbocycles. The van der Waals surface area contributed by atoms with Crippen LogP contribution in [0.4, 0.5) is 0 Å². The summed E-state index contributed by atoms with van der Waals surface area (Å²) in [7, 11) is 0. The molecule has 72 heavy (non-hydrogen) atoms. The fourth-order valence-electron chi connectivity index (χ4n) is 8.60. The Hall–Kier alpha value is -3.41. The lowest BCUT2D eigenvalue weighted by Gasteiger charge is -2.18. The van der Waals surface area contributed by atoms with Crippen molar-refractivity contribution in [1.29, 1.82) is 0 Å². The lowest BCUT2D eigenvalue weighted by Crippen LogP contribution is -2.30. The molecule has 414 valence electrons. The first kappa shape index (κ1) is 68.6.